The van der Waals surface area contributed by atoms with Gasteiger partial charge in [0, 0.05) is 11.6 Å². The molecule has 0 fully saturated rings. The number of amides is 1. The van der Waals surface area contributed by atoms with Gasteiger partial charge in [0.05, 0.1) is 16.8 Å². The van der Waals surface area contributed by atoms with E-state index in [4.69, 9.17) is 0 Å². The van der Waals surface area contributed by atoms with Gasteiger partial charge in [0.15, 0.2) is 0 Å². The number of aryl methyl sites for hydroxylation is 1. The Bertz CT molecular complexity index is 1180. The third kappa shape index (κ3) is 4.83. The molecule has 0 spiro atoms. The number of hydrogen-bond donors (Lipinski definition) is 2. The predicted octanol–water partition coefficient (Wildman–Crippen LogP) is 3.64. The summed E-state index contributed by atoms with van der Waals surface area (Å²) in [5, 5.41) is 2.34. The van der Waals surface area contributed by atoms with Gasteiger partial charge in [-0.05, 0) is 36.8 Å². The zero-order valence-corrected chi connectivity index (χ0v) is 15.9. The highest BCUT2D eigenvalue weighted by Crippen LogP contribution is 2.25. The zero-order chi connectivity index (χ0) is 21.2. The molecule has 1 aromatic heterocycles. The molecule has 2 N–H and O–H groups in total. The molecule has 6 nitrogen and oxygen atoms in total. The first kappa shape index (κ1) is 20.6. The van der Waals surface area contributed by atoms with Crippen LogP contribution in [0.25, 0.3) is 10.9 Å². The van der Waals surface area contributed by atoms with Gasteiger partial charge in [-0.15, -0.1) is 0 Å². The van der Waals surface area contributed by atoms with Crippen molar-refractivity contribution in [2.75, 3.05) is 11.3 Å². The second-order valence-corrected chi connectivity index (χ2v) is 7.94. The van der Waals surface area contributed by atoms with Crippen molar-refractivity contribution in [3.8, 4) is 0 Å². The van der Waals surface area contributed by atoms with Gasteiger partial charge in [0.1, 0.15) is 11.4 Å². The normalized spacial score (nSPS) is 12.0. The van der Waals surface area contributed by atoms with E-state index in [-0.39, 0.29) is 21.7 Å². The van der Waals surface area contributed by atoms with E-state index >= 15 is 0 Å². The number of aromatic nitrogens is 1. The van der Waals surface area contributed by atoms with Crippen LogP contribution in [0.4, 0.5) is 18.9 Å². The molecule has 0 aliphatic rings. The first-order valence-corrected chi connectivity index (χ1v) is 9.87. The number of nitrogens with one attached hydrogen (secondary N) is 2. The van der Waals surface area contributed by atoms with E-state index in [2.05, 4.69) is 9.71 Å². The summed E-state index contributed by atoms with van der Waals surface area (Å²) in [6.07, 6.45) is -3.06. The fourth-order valence-electron chi connectivity index (χ4n) is 2.71. The maximum Gasteiger partial charge on any atom is 0.405 e. The lowest BCUT2D eigenvalue weighted by atomic mass is 10.1. The highest BCUT2D eigenvalue weighted by atomic mass is 32.2. The van der Waals surface area contributed by atoms with E-state index in [1.807, 2.05) is 6.92 Å². The van der Waals surface area contributed by atoms with Crippen molar-refractivity contribution in [2.24, 2.45) is 0 Å². The Kier molecular flexibility index (Phi) is 5.47. The summed E-state index contributed by atoms with van der Waals surface area (Å²) >= 11 is 0. The first-order chi connectivity index (χ1) is 13.6. The molecule has 0 atom stereocenters. The van der Waals surface area contributed by atoms with Crippen LogP contribution in [0.15, 0.2) is 59.6 Å². The molecule has 0 unspecified atom stereocenters. The summed E-state index contributed by atoms with van der Waals surface area (Å²) in [5.74, 6) is -1.05. The highest BCUT2D eigenvalue weighted by molar-refractivity contribution is 7.93. The molecule has 152 valence electrons. The quantitative estimate of drug-likeness (QED) is 0.656. The van der Waals surface area contributed by atoms with Gasteiger partial charge in [-0.1, -0.05) is 24.3 Å². The lowest BCUT2D eigenvalue weighted by Crippen LogP contribution is -2.34. The summed E-state index contributed by atoms with van der Waals surface area (Å²) in [6, 6.07) is 11.8. The Labute approximate surface area is 164 Å². The Morgan fingerprint density at radius 2 is 1.83 bits per heavy atom. The second-order valence-electron chi connectivity index (χ2n) is 6.29. The molecule has 0 aliphatic carbocycles. The topological polar surface area (TPSA) is 88.2 Å². The summed E-state index contributed by atoms with van der Waals surface area (Å²) in [5.41, 5.74) is 0.719. The van der Waals surface area contributed by atoms with Crippen molar-refractivity contribution >= 4 is 32.5 Å². The fraction of sp³-hybridized carbons (Fsp3) is 0.158. The third-order valence-electron chi connectivity index (χ3n) is 3.97. The van der Waals surface area contributed by atoms with E-state index in [1.54, 1.807) is 23.5 Å². The van der Waals surface area contributed by atoms with Crippen molar-refractivity contribution in [1.82, 2.24) is 10.3 Å². The molecule has 0 saturated carbocycles. The molecule has 0 radical (unpaired) electrons. The Hall–Kier alpha value is -3.14. The predicted molar refractivity (Wildman–Crippen MR) is 102 cm³/mol. The van der Waals surface area contributed by atoms with Gasteiger partial charge >= 0.3 is 6.18 Å². The van der Waals surface area contributed by atoms with Gasteiger partial charge in [-0.2, -0.15) is 13.2 Å². The van der Waals surface area contributed by atoms with Crippen LogP contribution in [0.5, 0.6) is 0 Å². The molecule has 1 amide bonds. The molecule has 1 heterocycles. The number of carbonyl (C=O) groups is 1. The SMILES string of the molecule is Cc1cnc2c(S(=O)(=O)Nc3ccccc3C(=O)NCC(F)(F)F)cccc2c1. The molecule has 0 aliphatic heterocycles. The lowest BCUT2D eigenvalue weighted by molar-refractivity contribution is -0.123. The number of nitrogens with zero attached hydrogens (tertiary/aromatic N) is 1. The van der Waals surface area contributed by atoms with Crippen molar-refractivity contribution in [1.29, 1.82) is 0 Å². The van der Waals surface area contributed by atoms with Crippen LogP contribution < -0.4 is 10.0 Å². The zero-order valence-electron chi connectivity index (χ0n) is 15.1. The Morgan fingerprint density at radius 3 is 2.55 bits per heavy atom. The van der Waals surface area contributed by atoms with Crippen LogP contribution in [-0.4, -0.2) is 32.0 Å². The number of rotatable bonds is 5. The van der Waals surface area contributed by atoms with Gasteiger partial charge in [-0.3, -0.25) is 14.5 Å². The second kappa shape index (κ2) is 7.70. The number of anilines is 1. The van der Waals surface area contributed by atoms with Gasteiger partial charge < -0.3 is 5.32 Å². The van der Waals surface area contributed by atoms with Crippen LogP contribution in [0.1, 0.15) is 15.9 Å². The largest absolute Gasteiger partial charge is 0.405 e. The highest BCUT2D eigenvalue weighted by Gasteiger charge is 2.29. The van der Waals surface area contributed by atoms with E-state index in [9.17, 15) is 26.4 Å². The average Bonchev–Trinajstić information content (AvgIpc) is 2.65. The van der Waals surface area contributed by atoms with Crippen LogP contribution in [-0.2, 0) is 10.0 Å². The van der Waals surface area contributed by atoms with E-state index in [0.717, 1.165) is 5.56 Å². The molecular weight excluding hydrogens is 407 g/mol. The number of halogens is 3. The van der Waals surface area contributed by atoms with Crippen LogP contribution in [0.3, 0.4) is 0 Å². The molecule has 29 heavy (non-hydrogen) atoms. The summed E-state index contributed by atoms with van der Waals surface area (Å²) in [4.78, 5) is 16.2. The standard InChI is InChI=1S/C19H16F3N3O3S/c1-12-9-13-5-4-8-16(17(13)23-10-12)29(27,28)25-15-7-3-2-6-14(15)18(26)24-11-19(20,21)22/h2-10,25H,11H2,1H3,(H,24,26). The summed E-state index contributed by atoms with van der Waals surface area (Å²) < 4.78 is 65.2. The first-order valence-electron chi connectivity index (χ1n) is 8.39. The number of pyridine rings is 1. The molecular formula is C19H16F3N3O3S. The Morgan fingerprint density at radius 1 is 1.10 bits per heavy atom. The lowest BCUT2D eigenvalue weighted by Gasteiger charge is -2.14. The number of sulfonamides is 1. The molecule has 2 aromatic carbocycles. The minimum absolute atomic E-state index is 0.111. The maximum atomic E-state index is 12.9. The van der Waals surface area contributed by atoms with Gasteiger partial charge in [0.2, 0.25) is 0 Å². The summed E-state index contributed by atoms with van der Waals surface area (Å²) in [7, 11) is -4.17. The molecule has 3 rings (SSSR count). The number of hydrogen-bond acceptors (Lipinski definition) is 4. The van der Waals surface area contributed by atoms with Crippen molar-refractivity contribution in [2.45, 2.75) is 18.0 Å². The number of benzene rings is 2. The number of alkyl halides is 3. The van der Waals surface area contributed by atoms with Crippen LogP contribution in [0.2, 0.25) is 0 Å². The van der Waals surface area contributed by atoms with Crippen molar-refractivity contribution < 1.29 is 26.4 Å². The minimum atomic E-state index is -4.59. The monoisotopic (exact) mass is 423 g/mol. The molecule has 10 heteroatoms. The number of para-hydroxylation sites is 2. The maximum absolute atomic E-state index is 12.9. The summed E-state index contributed by atoms with van der Waals surface area (Å²) in [6.45, 7) is 0.293. The minimum Gasteiger partial charge on any atom is -0.343 e. The van der Waals surface area contributed by atoms with E-state index in [0.29, 0.717) is 5.39 Å². The van der Waals surface area contributed by atoms with Gasteiger partial charge in [0.25, 0.3) is 15.9 Å². The number of carbonyl (C=O) groups excluding carboxylic acids is 1. The third-order valence-corrected chi connectivity index (χ3v) is 5.36. The van der Waals surface area contributed by atoms with Crippen LogP contribution in [0, 0.1) is 6.92 Å². The Balaban J connectivity index is 1.95. The smallest absolute Gasteiger partial charge is 0.343 e. The van der Waals surface area contributed by atoms with E-state index < -0.39 is 28.7 Å². The van der Waals surface area contributed by atoms with Gasteiger partial charge in [-0.25, -0.2) is 8.42 Å². The molecule has 0 bridgehead atoms. The molecule has 0 saturated heterocycles. The van der Waals surface area contributed by atoms with Crippen molar-refractivity contribution in [3.63, 3.8) is 0 Å². The van der Waals surface area contributed by atoms with Crippen LogP contribution >= 0.6 is 0 Å². The van der Waals surface area contributed by atoms with Crippen molar-refractivity contribution in [3.05, 3.63) is 65.9 Å². The average molecular weight is 423 g/mol. The molecule has 3 aromatic rings. The number of fused-ring (bicyclic) bond motifs is 1. The fourth-order valence-corrected chi connectivity index (χ4v) is 3.97. The van der Waals surface area contributed by atoms with E-state index in [1.165, 1.54) is 36.5 Å².